The Morgan fingerprint density at radius 1 is 1.62 bits per heavy atom. The lowest BCUT2D eigenvalue weighted by Crippen LogP contribution is -2.36. The molecule has 0 heterocycles. The monoisotopic (exact) mass is 243 g/mol. The lowest BCUT2D eigenvalue weighted by molar-refractivity contribution is 0.0601. The summed E-state index contributed by atoms with van der Waals surface area (Å²) >= 11 is 5.93. The summed E-state index contributed by atoms with van der Waals surface area (Å²) in [5.74, 6) is -0.501. The Labute approximate surface area is 99.0 Å². The molecule has 1 aromatic carbocycles. The van der Waals surface area contributed by atoms with E-state index in [1.165, 1.54) is 13.2 Å². The van der Waals surface area contributed by atoms with Crippen LogP contribution in [0.3, 0.4) is 0 Å². The third-order valence-corrected chi connectivity index (χ3v) is 2.68. The minimum atomic E-state index is -0.877. The molecule has 0 amide bonds. The van der Waals surface area contributed by atoms with E-state index in [0.717, 1.165) is 0 Å². The fourth-order valence-corrected chi connectivity index (χ4v) is 1.49. The number of methoxy groups -OCH3 is 1. The zero-order chi connectivity index (χ0) is 12.3. The van der Waals surface area contributed by atoms with E-state index < -0.39 is 11.5 Å². The summed E-state index contributed by atoms with van der Waals surface area (Å²) in [6, 6.07) is 4.74. The first-order valence-corrected chi connectivity index (χ1v) is 5.08. The quantitative estimate of drug-likeness (QED) is 0.785. The van der Waals surface area contributed by atoms with Gasteiger partial charge in [-0.2, -0.15) is 0 Å². The van der Waals surface area contributed by atoms with Gasteiger partial charge >= 0.3 is 5.97 Å². The van der Waals surface area contributed by atoms with Crippen LogP contribution in [0.5, 0.6) is 0 Å². The predicted molar refractivity (Wildman–Crippen MR) is 61.4 cm³/mol. The summed E-state index contributed by atoms with van der Waals surface area (Å²) in [7, 11) is 1.29. The van der Waals surface area contributed by atoms with Crippen molar-refractivity contribution in [1.82, 2.24) is 0 Å². The van der Waals surface area contributed by atoms with Crippen molar-refractivity contribution in [3.05, 3.63) is 34.3 Å². The minimum Gasteiger partial charge on any atom is -0.465 e. The Morgan fingerprint density at radius 2 is 2.25 bits per heavy atom. The molecule has 0 aromatic heterocycles. The van der Waals surface area contributed by atoms with Gasteiger partial charge in [0.2, 0.25) is 0 Å². The van der Waals surface area contributed by atoms with E-state index >= 15 is 0 Å². The Kier molecular flexibility index (Phi) is 3.91. The van der Waals surface area contributed by atoms with E-state index in [2.05, 4.69) is 4.74 Å². The van der Waals surface area contributed by atoms with Crippen LogP contribution in [0, 0.1) is 0 Å². The van der Waals surface area contributed by atoms with E-state index in [-0.39, 0.29) is 17.2 Å². The second kappa shape index (κ2) is 4.82. The molecule has 1 rings (SSSR count). The zero-order valence-corrected chi connectivity index (χ0v) is 9.91. The van der Waals surface area contributed by atoms with Gasteiger partial charge in [-0.15, -0.1) is 0 Å². The van der Waals surface area contributed by atoms with Crippen LogP contribution in [-0.4, -0.2) is 24.8 Å². The lowest BCUT2D eigenvalue weighted by Gasteiger charge is -2.22. The van der Waals surface area contributed by atoms with Gasteiger partial charge in [0.05, 0.1) is 29.8 Å². The Balaban J connectivity index is 3.14. The van der Waals surface area contributed by atoms with Crippen LogP contribution in [0.15, 0.2) is 18.2 Å². The van der Waals surface area contributed by atoms with Gasteiger partial charge in [0.1, 0.15) is 0 Å². The van der Waals surface area contributed by atoms with E-state index in [1.54, 1.807) is 19.1 Å². The zero-order valence-electron chi connectivity index (χ0n) is 9.16. The highest BCUT2D eigenvalue weighted by Crippen LogP contribution is 2.24. The highest BCUT2D eigenvalue weighted by molar-refractivity contribution is 6.33. The number of aliphatic hydroxyl groups is 1. The van der Waals surface area contributed by atoms with E-state index in [9.17, 15) is 4.79 Å². The second-order valence-corrected chi connectivity index (χ2v) is 4.17. The summed E-state index contributed by atoms with van der Waals surface area (Å²) in [5.41, 5.74) is 5.90. The van der Waals surface area contributed by atoms with Crippen LogP contribution >= 0.6 is 11.6 Å². The molecule has 0 spiro atoms. The number of ether oxygens (including phenoxy) is 1. The van der Waals surface area contributed by atoms with Crippen LogP contribution < -0.4 is 5.73 Å². The highest BCUT2D eigenvalue weighted by atomic mass is 35.5. The average molecular weight is 244 g/mol. The number of nitrogens with two attached hydrogens (primary N) is 1. The SMILES string of the molecule is COC(=O)c1ccc(C(C)(N)CO)cc1Cl. The molecule has 1 atom stereocenters. The summed E-state index contributed by atoms with van der Waals surface area (Å²) in [4.78, 5) is 11.3. The van der Waals surface area contributed by atoms with Crippen LogP contribution in [0.25, 0.3) is 0 Å². The standard InChI is InChI=1S/C11H14ClNO3/c1-11(13,6-14)7-3-4-8(9(12)5-7)10(15)16-2/h3-5,14H,6,13H2,1-2H3. The van der Waals surface area contributed by atoms with Crippen LogP contribution in [0.2, 0.25) is 5.02 Å². The molecule has 1 unspecified atom stereocenters. The van der Waals surface area contributed by atoms with Crippen LogP contribution in [0.1, 0.15) is 22.8 Å². The van der Waals surface area contributed by atoms with Crippen molar-refractivity contribution in [2.45, 2.75) is 12.5 Å². The Hall–Kier alpha value is -1.10. The molecule has 16 heavy (non-hydrogen) atoms. The molecule has 0 aliphatic carbocycles. The predicted octanol–water partition coefficient (Wildman–Crippen LogP) is 1.29. The number of hydrogen-bond donors (Lipinski definition) is 2. The summed E-state index contributed by atoms with van der Waals surface area (Å²) in [6.45, 7) is 1.47. The molecule has 1 aromatic rings. The summed E-state index contributed by atoms with van der Waals surface area (Å²) in [5, 5.41) is 9.36. The van der Waals surface area contributed by atoms with Crippen molar-refractivity contribution in [2.75, 3.05) is 13.7 Å². The number of carbonyl (C=O) groups is 1. The molecule has 0 aliphatic heterocycles. The number of halogens is 1. The molecular weight excluding hydrogens is 230 g/mol. The molecule has 3 N–H and O–H groups in total. The molecule has 88 valence electrons. The van der Waals surface area contributed by atoms with Crippen molar-refractivity contribution in [3.63, 3.8) is 0 Å². The maximum absolute atomic E-state index is 11.3. The molecule has 0 saturated carbocycles. The highest BCUT2D eigenvalue weighted by Gasteiger charge is 2.22. The molecular formula is C11H14ClNO3. The first-order chi connectivity index (χ1) is 7.42. The molecule has 0 bridgehead atoms. The Morgan fingerprint density at radius 3 is 2.69 bits per heavy atom. The average Bonchev–Trinajstić information content (AvgIpc) is 2.28. The second-order valence-electron chi connectivity index (χ2n) is 3.76. The third kappa shape index (κ3) is 2.52. The summed E-state index contributed by atoms with van der Waals surface area (Å²) < 4.78 is 4.56. The number of hydrogen-bond acceptors (Lipinski definition) is 4. The van der Waals surface area contributed by atoms with Crippen molar-refractivity contribution < 1.29 is 14.6 Å². The molecule has 4 nitrogen and oxygen atoms in total. The smallest absolute Gasteiger partial charge is 0.339 e. The minimum absolute atomic E-state index is 0.207. The number of benzene rings is 1. The first kappa shape index (κ1) is 13.0. The van der Waals surface area contributed by atoms with Crippen LogP contribution in [0.4, 0.5) is 0 Å². The fourth-order valence-electron chi connectivity index (χ4n) is 1.24. The molecule has 0 saturated heterocycles. The number of aliphatic hydroxyl groups excluding tert-OH is 1. The molecule has 5 heteroatoms. The van der Waals surface area contributed by atoms with Gasteiger partial charge in [0.25, 0.3) is 0 Å². The maximum Gasteiger partial charge on any atom is 0.339 e. The topological polar surface area (TPSA) is 72.5 Å². The van der Waals surface area contributed by atoms with E-state index in [4.69, 9.17) is 22.4 Å². The molecule has 0 aliphatic rings. The molecule has 0 radical (unpaired) electrons. The summed E-state index contributed by atoms with van der Waals surface area (Å²) in [6.07, 6.45) is 0. The number of esters is 1. The molecule has 0 fully saturated rings. The van der Waals surface area contributed by atoms with Gasteiger partial charge in [0, 0.05) is 0 Å². The van der Waals surface area contributed by atoms with E-state index in [0.29, 0.717) is 5.56 Å². The number of carbonyl (C=O) groups excluding carboxylic acids is 1. The van der Waals surface area contributed by atoms with Crippen LogP contribution in [-0.2, 0) is 10.3 Å². The van der Waals surface area contributed by atoms with Gasteiger partial charge in [-0.05, 0) is 24.6 Å². The van der Waals surface area contributed by atoms with Crippen molar-refractivity contribution in [3.8, 4) is 0 Å². The van der Waals surface area contributed by atoms with Gasteiger partial charge < -0.3 is 15.6 Å². The van der Waals surface area contributed by atoms with Crippen molar-refractivity contribution in [1.29, 1.82) is 0 Å². The van der Waals surface area contributed by atoms with Gasteiger partial charge in [-0.3, -0.25) is 0 Å². The van der Waals surface area contributed by atoms with Gasteiger partial charge in [-0.1, -0.05) is 17.7 Å². The largest absolute Gasteiger partial charge is 0.465 e. The van der Waals surface area contributed by atoms with Crippen molar-refractivity contribution >= 4 is 17.6 Å². The first-order valence-electron chi connectivity index (χ1n) is 4.70. The van der Waals surface area contributed by atoms with Crippen molar-refractivity contribution in [2.24, 2.45) is 5.73 Å². The van der Waals surface area contributed by atoms with Gasteiger partial charge in [-0.25, -0.2) is 4.79 Å². The maximum atomic E-state index is 11.3. The van der Waals surface area contributed by atoms with E-state index in [1.807, 2.05) is 0 Å². The third-order valence-electron chi connectivity index (χ3n) is 2.36. The normalized spacial score (nSPS) is 14.3. The van der Waals surface area contributed by atoms with Gasteiger partial charge in [0.15, 0.2) is 0 Å². The number of rotatable bonds is 3. The lowest BCUT2D eigenvalue weighted by atomic mass is 9.93. The Bertz CT molecular complexity index is 404. The fraction of sp³-hybridized carbons (Fsp3) is 0.364.